The van der Waals surface area contributed by atoms with E-state index in [9.17, 15) is 0 Å². The van der Waals surface area contributed by atoms with E-state index in [0.29, 0.717) is 11.5 Å². The highest BCUT2D eigenvalue weighted by atomic mass is 14.9. The van der Waals surface area contributed by atoms with E-state index in [2.05, 4.69) is 25.2 Å². The fourth-order valence-electron chi connectivity index (χ4n) is 3.54. The quantitative estimate of drug-likeness (QED) is 0.691. The number of allylic oxidation sites excluding steroid dienone is 1. The van der Waals surface area contributed by atoms with Crippen LogP contribution < -0.4 is 5.32 Å². The second-order valence-corrected chi connectivity index (χ2v) is 5.92. The van der Waals surface area contributed by atoms with Crippen molar-refractivity contribution in [3.05, 3.63) is 11.6 Å². The first-order valence-corrected chi connectivity index (χ1v) is 7.18. The zero-order chi connectivity index (χ0) is 11.4. The lowest BCUT2D eigenvalue weighted by Gasteiger charge is -2.36. The molecule has 1 unspecified atom stereocenters. The molecule has 0 aliphatic heterocycles. The zero-order valence-electron chi connectivity index (χ0n) is 11.0. The van der Waals surface area contributed by atoms with Crippen LogP contribution >= 0.6 is 0 Å². The Balaban J connectivity index is 2.06. The van der Waals surface area contributed by atoms with Crippen molar-refractivity contribution in [1.82, 2.24) is 5.32 Å². The minimum Gasteiger partial charge on any atom is -0.310 e. The third-order valence-electron chi connectivity index (χ3n) is 4.49. The maximum atomic E-state index is 3.83. The predicted molar refractivity (Wildman–Crippen MR) is 70.6 cm³/mol. The highest BCUT2D eigenvalue weighted by Gasteiger charge is 2.38. The molecule has 2 rings (SSSR count). The first kappa shape index (κ1) is 12.2. The summed E-state index contributed by atoms with van der Waals surface area (Å²) in [5.41, 5.74) is 2.27. The molecule has 1 atom stereocenters. The first-order valence-electron chi connectivity index (χ1n) is 7.18. The van der Waals surface area contributed by atoms with Gasteiger partial charge in [-0.25, -0.2) is 0 Å². The number of rotatable bonds is 5. The van der Waals surface area contributed by atoms with Crippen LogP contribution in [0.3, 0.4) is 0 Å². The maximum Gasteiger partial charge on any atom is 0.0333 e. The van der Waals surface area contributed by atoms with Crippen molar-refractivity contribution in [1.29, 1.82) is 0 Å². The van der Waals surface area contributed by atoms with Gasteiger partial charge in [-0.2, -0.15) is 0 Å². The molecule has 0 aromatic rings. The van der Waals surface area contributed by atoms with Gasteiger partial charge in [-0.3, -0.25) is 0 Å². The van der Waals surface area contributed by atoms with Crippen molar-refractivity contribution in [2.24, 2.45) is 5.41 Å². The fourth-order valence-corrected chi connectivity index (χ4v) is 3.54. The zero-order valence-corrected chi connectivity index (χ0v) is 11.0. The normalized spacial score (nSPS) is 25.8. The van der Waals surface area contributed by atoms with Crippen molar-refractivity contribution < 1.29 is 0 Å². The number of hydrogen-bond donors (Lipinski definition) is 1. The molecule has 1 fully saturated rings. The van der Waals surface area contributed by atoms with Gasteiger partial charge >= 0.3 is 0 Å². The average molecular weight is 221 g/mol. The van der Waals surface area contributed by atoms with Gasteiger partial charge in [0, 0.05) is 6.04 Å². The summed E-state index contributed by atoms with van der Waals surface area (Å²) in [5.74, 6) is 0. The second-order valence-electron chi connectivity index (χ2n) is 5.92. The van der Waals surface area contributed by atoms with E-state index in [1.807, 2.05) is 0 Å². The summed E-state index contributed by atoms with van der Waals surface area (Å²) < 4.78 is 0. The lowest BCUT2D eigenvalue weighted by atomic mass is 9.76. The molecule has 1 N–H and O–H groups in total. The fraction of sp³-hybridized carbons (Fsp3) is 0.867. The summed E-state index contributed by atoms with van der Waals surface area (Å²) in [4.78, 5) is 0. The Morgan fingerprint density at radius 3 is 2.62 bits per heavy atom. The summed E-state index contributed by atoms with van der Waals surface area (Å²) >= 11 is 0. The molecule has 0 spiro atoms. The third kappa shape index (κ3) is 2.51. The summed E-state index contributed by atoms with van der Waals surface area (Å²) in [6.07, 6.45) is 13.5. The Morgan fingerprint density at radius 1 is 1.31 bits per heavy atom. The van der Waals surface area contributed by atoms with Crippen molar-refractivity contribution in [2.45, 2.75) is 71.3 Å². The molecule has 1 saturated carbocycles. The van der Waals surface area contributed by atoms with Crippen molar-refractivity contribution in [2.75, 3.05) is 6.54 Å². The van der Waals surface area contributed by atoms with E-state index in [4.69, 9.17) is 0 Å². The van der Waals surface area contributed by atoms with Gasteiger partial charge in [0.1, 0.15) is 0 Å². The van der Waals surface area contributed by atoms with Gasteiger partial charge in [-0.15, -0.1) is 0 Å². The molecule has 1 heteroatoms. The largest absolute Gasteiger partial charge is 0.310 e. The molecule has 0 heterocycles. The Bertz CT molecular complexity index is 248. The van der Waals surface area contributed by atoms with E-state index in [0.717, 1.165) is 0 Å². The topological polar surface area (TPSA) is 12.0 Å². The van der Waals surface area contributed by atoms with Gasteiger partial charge in [0.15, 0.2) is 0 Å². The first-order chi connectivity index (χ1) is 7.76. The minimum atomic E-state index is 0.547. The SMILES string of the molecule is CCCNC(C1=CCCC1)C1(C)CCCC1. The summed E-state index contributed by atoms with van der Waals surface area (Å²) in [6.45, 7) is 5.95. The molecular formula is C15H27N. The molecule has 2 aliphatic rings. The van der Waals surface area contributed by atoms with Gasteiger partial charge < -0.3 is 5.32 Å². The summed E-state index contributed by atoms with van der Waals surface area (Å²) in [7, 11) is 0. The van der Waals surface area contributed by atoms with Gasteiger partial charge in [0.05, 0.1) is 0 Å². The molecule has 1 nitrogen and oxygen atoms in total. The molecule has 0 aromatic carbocycles. The van der Waals surface area contributed by atoms with E-state index in [1.165, 1.54) is 57.9 Å². The molecule has 0 radical (unpaired) electrons. The van der Waals surface area contributed by atoms with Crippen LogP contribution in [-0.4, -0.2) is 12.6 Å². The average Bonchev–Trinajstić information content (AvgIpc) is 2.91. The van der Waals surface area contributed by atoms with Crippen molar-refractivity contribution in [3.8, 4) is 0 Å². The number of hydrogen-bond acceptors (Lipinski definition) is 1. The van der Waals surface area contributed by atoms with Crippen LogP contribution in [0.15, 0.2) is 11.6 Å². The summed E-state index contributed by atoms with van der Waals surface area (Å²) in [5, 5.41) is 3.83. The molecule has 0 saturated heterocycles. The molecular weight excluding hydrogens is 194 g/mol. The molecule has 0 amide bonds. The van der Waals surface area contributed by atoms with Crippen LogP contribution in [-0.2, 0) is 0 Å². The molecule has 92 valence electrons. The highest BCUT2D eigenvalue weighted by Crippen LogP contribution is 2.44. The van der Waals surface area contributed by atoms with Crippen LogP contribution in [0.1, 0.15) is 65.2 Å². The molecule has 16 heavy (non-hydrogen) atoms. The van der Waals surface area contributed by atoms with Crippen LogP contribution in [0.4, 0.5) is 0 Å². The minimum absolute atomic E-state index is 0.547. The van der Waals surface area contributed by atoms with Gasteiger partial charge in [0.25, 0.3) is 0 Å². The predicted octanol–water partition coefficient (Wildman–Crippen LogP) is 4.05. The van der Waals surface area contributed by atoms with E-state index < -0.39 is 0 Å². The standard InChI is InChI=1S/C15H27N/c1-3-12-16-14(13-8-4-5-9-13)15(2)10-6-7-11-15/h8,14,16H,3-7,9-12H2,1-2H3. The highest BCUT2D eigenvalue weighted by molar-refractivity contribution is 5.19. The van der Waals surface area contributed by atoms with Gasteiger partial charge in [0.2, 0.25) is 0 Å². The van der Waals surface area contributed by atoms with E-state index in [1.54, 1.807) is 5.57 Å². The maximum absolute atomic E-state index is 3.83. The Kier molecular flexibility index (Phi) is 4.07. The van der Waals surface area contributed by atoms with E-state index in [-0.39, 0.29) is 0 Å². The van der Waals surface area contributed by atoms with Crippen LogP contribution in [0.25, 0.3) is 0 Å². The van der Waals surface area contributed by atoms with Crippen LogP contribution in [0.5, 0.6) is 0 Å². The molecule has 0 aromatic heterocycles. The van der Waals surface area contributed by atoms with Crippen LogP contribution in [0.2, 0.25) is 0 Å². The third-order valence-corrected chi connectivity index (χ3v) is 4.49. The Hall–Kier alpha value is -0.300. The molecule has 0 bridgehead atoms. The van der Waals surface area contributed by atoms with Crippen molar-refractivity contribution >= 4 is 0 Å². The van der Waals surface area contributed by atoms with E-state index >= 15 is 0 Å². The second kappa shape index (κ2) is 5.35. The van der Waals surface area contributed by atoms with Crippen molar-refractivity contribution in [3.63, 3.8) is 0 Å². The lowest BCUT2D eigenvalue weighted by molar-refractivity contribution is 0.247. The number of nitrogens with one attached hydrogen (secondary N) is 1. The Labute approximate surface area is 101 Å². The van der Waals surface area contributed by atoms with Gasteiger partial charge in [-0.1, -0.05) is 38.3 Å². The smallest absolute Gasteiger partial charge is 0.0333 e. The monoisotopic (exact) mass is 221 g/mol. The van der Waals surface area contributed by atoms with Gasteiger partial charge in [-0.05, 0) is 50.5 Å². The van der Waals surface area contributed by atoms with Crippen LogP contribution in [0, 0.1) is 5.41 Å². The lowest BCUT2D eigenvalue weighted by Crippen LogP contribution is -2.43. The Morgan fingerprint density at radius 2 is 2.06 bits per heavy atom. The summed E-state index contributed by atoms with van der Waals surface area (Å²) in [6, 6.07) is 0.678. The molecule has 2 aliphatic carbocycles.